The van der Waals surface area contributed by atoms with Crippen molar-refractivity contribution >= 4 is 11.7 Å². The second-order valence-corrected chi connectivity index (χ2v) is 7.22. The van der Waals surface area contributed by atoms with Gasteiger partial charge in [0.1, 0.15) is 0 Å². The van der Waals surface area contributed by atoms with E-state index in [-0.39, 0.29) is 30.6 Å². The van der Waals surface area contributed by atoms with Crippen molar-refractivity contribution in [3.8, 4) is 0 Å². The smallest absolute Gasteiger partial charge is 0.220 e. The number of carbonyl (C=O) groups is 2. The molecule has 1 heterocycles. The second-order valence-electron chi connectivity index (χ2n) is 7.22. The normalized spacial score (nSPS) is 20.2. The van der Waals surface area contributed by atoms with E-state index in [1.807, 2.05) is 24.3 Å². The molecule has 0 spiro atoms. The minimum Gasteiger partial charge on any atom is -0.353 e. The summed E-state index contributed by atoms with van der Waals surface area (Å²) in [6.45, 7) is 5.27. The van der Waals surface area contributed by atoms with Gasteiger partial charge in [0, 0.05) is 30.5 Å². The van der Waals surface area contributed by atoms with Crippen LogP contribution < -0.4 is 10.6 Å². The second kappa shape index (κ2) is 10.3. The summed E-state index contributed by atoms with van der Waals surface area (Å²) >= 11 is 0. The fourth-order valence-electron chi connectivity index (χ4n) is 3.37. The summed E-state index contributed by atoms with van der Waals surface area (Å²) in [6, 6.07) is 8.56. The van der Waals surface area contributed by atoms with Gasteiger partial charge in [0.05, 0.1) is 0 Å². The van der Waals surface area contributed by atoms with Crippen LogP contribution in [0.4, 0.5) is 0 Å². The van der Waals surface area contributed by atoms with Crippen molar-refractivity contribution in [3.63, 3.8) is 0 Å². The van der Waals surface area contributed by atoms with Crippen LogP contribution >= 0.6 is 0 Å². The van der Waals surface area contributed by atoms with Gasteiger partial charge in [0.25, 0.3) is 0 Å². The lowest BCUT2D eigenvalue weighted by molar-refractivity contribution is -0.122. The van der Waals surface area contributed by atoms with Crippen molar-refractivity contribution in [1.29, 1.82) is 0 Å². The quantitative estimate of drug-likeness (QED) is 0.531. The van der Waals surface area contributed by atoms with Gasteiger partial charge in [-0.05, 0) is 44.7 Å². The molecule has 0 bridgehead atoms. The fourth-order valence-corrected chi connectivity index (χ4v) is 3.37. The topological polar surface area (TPSA) is 58.2 Å². The fraction of sp³-hybridized carbons (Fsp3) is 0.619. The van der Waals surface area contributed by atoms with Crippen LogP contribution in [0.2, 0.25) is 0 Å². The minimum absolute atomic E-state index is 0.0105. The summed E-state index contributed by atoms with van der Waals surface area (Å²) in [7, 11) is 0. The van der Waals surface area contributed by atoms with Crippen molar-refractivity contribution < 1.29 is 9.59 Å². The summed E-state index contributed by atoms with van der Waals surface area (Å²) in [4.78, 5) is 24.3. The number of unbranched alkanes of at least 4 members (excludes halogenated alkanes) is 2. The number of carbonyl (C=O) groups excluding carboxylic acids is 2. The highest BCUT2D eigenvalue weighted by atomic mass is 16.2. The Labute approximate surface area is 151 Å². The molecule has 2 rings (SSSR count). The molecule has 2 N–H and O–H groups in total. The molecule has 0 saturated carbocycles. The van der Waals surface area contributed by atoms with Crippen molar-refractivity contribution in [1.82, 2.24) is 10.6 Å². The van der Waals surface area contributed by atoms with E-state index in [4.69, 9.17) is 0 Å². The summed E-state index contributed by atoms with van der Waals surface area (Å²) in [6.07, 6.45) is 7.19. The van der Waals surface area contributed by atoms with Crippen LogP contribution in [0.5, 0.6) is 0 Å². The van der Waals surface area contributed by atoms with Gasteiger partial charge in [-0.25, -0.2) is 0 Å². The molecule has 1 aliphatic rings. The number of Topliss-reactive ketones (excluding diaryl/α,β-unsaturated/α-hetero) is 1. The Bertz CT molecular complexity index is 554. The number of ketones is 1. The Balaban J connectivity index is 1.72. The van der Waals surface area contributed by atoms with Crippen molar-refractivity contribution in [2.75, 3.05) is 6.54 Å². The first-order chi connectivity index (χ1) is 12.1. The summed E-state index contributed by atoms with van der Waals surface area (Å²) in [5.41, 5.74) is 1.99. The van der Waals surface area contributed by atoms with Crippen LogP contribution in [0.15, 0.2) is 24.3 Å². The highest BCUT2D eigenvalue weighted by Crippen LogP contribution is 2.12. The van der Waals surface area contributed by atoms with Crippen LogP contribution in [0.1, 0.15) is 74.7 Å². The Hall–Kier alpha value is -1.68. The summed E-state index contributed by atoms with van der Waals surface area (Å²) < 4.78 is 0. The molecular formula is C21H32N2O2. The monoisotopic (exact) mass is 344 g/mol. The molecule has 0 aromatic heterocycles. The van der Waals surface area contributed by atoms with E-state index in [2.05, 4.69) is 24.5 Å². The zero-order valence-electron chi connectivity index (χ0n) is 15.6. The molecule has 1 aromatic carbocycles. The Morgan fingerprint density at radius 3 is 2.60 bits per heavy atom. The number of rotatable bonds is 9. The van der Waals surface area contributed by atoms with Gasteiger partial charge >= 0.3 is 0 Å². The van der Waals surface area contributed by atoms with Crippen LogP contribution in [-0.4, -0.2) is 30.3 Å². The molecule has 1 saturated heterocycles. The zero-order valence-corrected chi connectivity index (χ0v) is 15.6. The highest BCUT2D eigenvalue weighted by Gasteiger charge is 2.20. The highest BCUT2D eigenvalue weighted by molar-refractivity contribution is 5.98. The summed E-state index contributed by atoms with van der Waals surface area (Å²) in [5, 5.41) is 6.43. The average molecular weight is 344 g/mol. The summed E-state index contributed by atoms with van der Waals surface area (Å²) in [5.74, 6) is 0.0394. The number of aryl methyl sites for hydroxylation is 1. The molecule has 1 amide bonds. The van der Waals surface area contributed by atoms with Crippen molar-refractivity contribution in [2.45, 2.75) is 77.3 Å². The van der Waals surface area contributed by atoms with Gasteiger partial charge in [-0.2, -0.15) is 0 Å². The third kappa shape index (κ3) is 6.99. The number of hydrogen-bond donors (Lipinski definition) is 2. The standard InChI is InChI=1S/C21H32N2O2/c1-3-4-5-6-17-7-9-18(10-8-17)20(24)11-12-21(25)23-19-13-14-22-16(2)15-19/h7-10,16,19,22H,3-6,11-15H2,1-2H3,(H,23,25). The molecular weight excluding hydrogens is 312 g/mol. The Morgan fingerprint density at radius 2 is 1.92 bits per heavy atom. The largest absolute Gasteiger partial charge is 0.353 e. The lowest BCUT2D eigenvalue weighted by Gasteiger charge is -2.28. The molecule has 4 heteroatoms. The van der Waals surface area contributed by atoms with E-state index in [1.165, 1.54) is 24.8 Å². The van der Waals surface area contributed by atoms with Gasteiger partial charge in [-0.1, -0.05) is 44.0 Å². The minimum atomic E-state index is -0.0105. The maximum Gasteiger partial charge on any atom is 0.220 e. The number of hydrogen-bond acceptors (Lipinski definition) is 3. The molecule has 0 aliphatic carbocycles. The number of piperidine rings is 1. The maximum absolute atomic E-state index is 12.3. The Kier molecular flexibility index (Phi) is 8.13. The van der Waals surface area contributed by atoms with E-state index in [0.717, 1.165) is 25.8 Å². The first kappa shape index (κ1) is 19.6. The number of nitrogens with one attached hydrogen (secondary N) is 2. The molecule has 1 aromatic rings. The van der Waals surface area contributed by atoms with E-state index >= 15 is 0 Å². The van der Waals surface area contributed by atoms with E-state index in [0.29, 0.717) is 11.6 Å². The first-order valence-corrected chi connectivity index (χ1v) is 9.73. The molecule has 4 nitrogen and oxygen atoms in total. The maximum atomic E-state index is 12.3. The lowest BCUT2D eigenvalue weighted by Crippen LogP contribution is -2.46. The molecule has 2 unspecified atom stereocenters. The van der Waals surface area contributed by atoms with E-state index < -0.39 is 0 Å². The Morgan fingerprint density at radius 1 is 1.16 bits per heavy atom. The van der Waals surface area contributed by atoms with Crippen molar-refractivity contribution in [2.24, 2.45) is 0 Å². The van der Waals surface area contributed by atoms with Crippen LogP contribution in [0.3, 0.4) is 0 Å². The molecule has 1 fully saturated rings. The third-order valence-electron chi connectivity index (χ3n) is 4.91. The average Bonchev–Trinajstić information content (AvgIpc) is 2.60. The predicted molar refractivity (Wildman–Crippen MR) is 102 cm³/mol. The predicted octanol–water partition coefficient (Wildman–Crippen LogP) is 3.64. The van der Waals surface area contributed by atoms with Crippen LogP contribution in [-0.2, 0) is 11.2 Å². The van der Waals surface area contributed by atoms with E-state index in [9.17, 15) is 9.59 Å². The van der Waals surface area contributed by atoms with Gasteiger partial charge < -0.3 is 10.6 Å². The molecule has 25 heavy (non-hydrogen) atoms. The zero-order chi connectivity index (χ0) is 18.1. The van der Waals surface area contributed by atoms with Gasteiger partial charge in [0.2, 0.25) is 5.91 Å². The van der Waals surface area contributed by atoms with Gasteiger partial charge in [0.15, 0.2) is 5.78 Å². The number of benzene rings is 1. The van der Waals surface area contributed by atoms with Gasteiger partial charge in [-0.3, -0.25) is 9.59 Å². The number of amides is 1. The van der Waals surface area contributed by atoms with Crippen LogP contribution in [0, 0.1) is 0 Å². The van der Waals surface area contributed by atoms with Crippen molar-refractivity contribution in [3.05, 3.63) is 35.4 Å². The van der Waals surface area contributed by atoms with Gasteiger partial charge in [-0.15, -0.1) is 0 Å². The SMILES string of the molecule is CCCCCc1ccc(C(=O)CCC(=O)NC2CCNC(C)C2)cc1. The van der Waals surface area contributed by atoms with E-state index in [1.54, 1.807) is 0 Å². The lowest BCUT2D eigenvalue weighted by atomic mass is 9.99. The first-order valence-electron chi connectivity index (χ1n) is 9.73. The van der Waals surface area contributed by atoms with Crippen LogP contribution in [0.25, 0.3) is 0 Å². The third-order valence-corrected chi connectivity index (χ3v) is 4.91. The molecule has 2 atom stereocenters. The molecule has 1 aliphatic heterocycles. The molecule has 0 radical (unpaired) electrons. The molecule has 138 valence electrons.